The lowest BCUT2D eigenvalue weighted by molar-refractivity contribution is -0.187. The molecule has 0 saturated heterocycles. The summed E-state index contributed by atoms with van der Waals surface area (Å²) in [6, 6.07) is 0. The largest absolute Gasteiger partial charge is 0.354 e. The van der Waals surface area contributed by atoms with E-state index in [1.165, 1.54) is 6.42 Å². The first kappa shape index (κ1) is 28.4. The third kappa shape index (κ3) is 3.70. The third-order valence-corrected chi connectivity index (χ3v) is 14.0. The van der Waals surface area contributed by atoms with Gasteiger partial charge in [-0.15, -0.1) is 0 Å². The first-order chi connectivity index (χ1) is 17.6. The molecule has 0 aromatic heterocycles. The van der Waals surface area contributed by atoms with E-state index in [-0.39, 0.29) is 27.1 Å². The molecule has 4 fully saturated rings. The second-order valence-electron chi connectivity index (χ2n) is 16.0. The highest BCUT2D eigenvalue weighted by Crippen LogP contribution is 2.75. The molecule has 5 rings (SSSR count). The van der Waals surface area contributed by atoms with Crippen LogP contribution in [0, 0.1) is 56.7 Å². The van der Waals surface area contributed by atoms with E-state index in [0.29, 0.717) is 41.3 Å². The summed E-state index contributed by atoms with van der Waals surface area (Å²) >= 11 is 0. The fraction of sp³-hybridized carbons (Fsp3) is 0.882. The number of hydrogen-bond acceptors (Lipinski definition) is 3. The van der Waals surface area contributed by atoms with E-state index in [4.69, 9.17) is 0 Å². The highest BCUT2D eigenvalue weighted by atomic mass is 16.2. The van der Waals surface area contributed by atoms with Crippen LogP contribution in [-0.2, 0) is 9.59 Å². The normalized spacial score (nSPS) is 47.8. The molecule has 0 aliphatic heterocycles. The summed E-state index contributed by atoms with van der Waals surface area (Å²) in [5.74, 6) is 3.40. The quantitative estimate of drug-likeness (QED) is 0.407. The first-order valence-corrected chi connectivity index (χ1v) is 15.8. The molecule has 0 unspecified atom stereocenters. The Hall–Kier alpha value is -1.16. The fourth-order valence-electron chi connectivity index (χ4n) is 11.2. The number of carbonyl (C=O) groups excluding carboxylic acids is 2. The highest BCUT2D eigenvalue weighted by molar-refractivity contribution is 5.86. The summed E-state index contributed by atoms with van der Waals surface area (Å²) in [6.07, 6.45) is 12.3. The van der Waals surface area contributed by atoms with Gasteiger partial charge in [-0.1, -0.05) is 60.1 Å². The number of likely N-dealkylation sites (N-methyl/N-ethyl adjacent to an activating group) is 1. The van der Waals surface area contributed by atoms with Crippen LogP contribution in [0.4, 0.5) is 0 Å². The van der Waals surface area contributed by atoms with Gasteiger partial charge < -0.3 is 10.2 Å². The summed E-state index contributed by atoms with van der Waals surface area (Å²) in [7, 11) is 4.15. The van der Waals surface area contributed by atoms with Crippen LogP contribution in [0.3, 0.4) is 0 Å². The summed E-state index contributed by atoms with van der Waals surface area (Å²) < 4.78 is 0. The number of hydrogen-bond donors (Lipinski definition) is 1. The molecule has 1 amide bonds. The molecule has 38 heavy (non-hydrogen) atoms. The van der Waals surface area contributed by atoms with Crippen molar-refractivity contribution in [1.82, 2.24) is 10.2 Å². The van der Waals surface area contributed by atoms with Crippen molar-refractivity contribution in [2.75, 3.05) is 27.2 Å². The molecule has 5 aliphatic rings. The Morgan fingerprint density at radius 3 is 2.37 bits per heavy atom. The minimum Gasteiger partial charge on any atom is -0.354 e. The van der Waals surface area contributed by atoms with E-state index in [2.05, 4.69) is 78.9 Å². The summed E-state index contributed by atoms with van der Waals surface area (Å²) in [5.41, 5.74) is 1.72. The average Bonchev–Trinajstić information content (AvgIpc) is 2.84. The lowest BCUT2D eigenvalue weighted by Crippen LogP contribution is -2.65. The van der Waals surface area contributed by atoms with Crippen molar-refractivity contribution >= 4 is 11.7 Å². The number of nitrogens with zero attached hydrogens (tertiary/aromatic N) is 1. The molecular formula is C34H56N2O2. The number of Topliss-reactive ketones (excluding diaryl/α,β-unsaturated/α-hetero) is 1. The van der Waals surface area contributed by atoms with Crippen molar-refractivity contribution in [3.8, 4) is 0 Å². The van der Waals surface area contributed by atoms with Crippen molar-refractivity contribution in [3.05, 3.63) is 11.6 Å². The van der Waals surface area contributed by atoms with Crippen molar-refractivity contribution in [2.24, 2.45) is 56.7 Å². The monoisotopic (exact) mass is 524 g/mol. The minimum atomic E-state index is -0.257. The topological polar surface area (TPSA) is 49.4 Å². The molecular weight excluding hydrogens is 468 g/mol. The number of allylic oxidation sites excluding steroid dienone is 2. The van der Waals surface area contributed by atoms with E-state index in [9.17, 15) is 9.59 Å². The van der Waals surface area contributed by atoms with Gasteiger partial charge in [0.1, 0.15) is 5.78 Å². The maximum Gasteiger partial charge on any atom is 0.226 e. The van der Waals surface area contributed by atoms with E-state index in [0.717, 1.165) is 64.5 Å². The molecule has 4 saturated carbocycles. The first-order valence-electron chi connectivity index (χ1n) is 15.8. The average molecular weight is 525 g/mol. The Labute approximate surface area is 233 Å². The molecule has 0 bridgehead atoms. The van der Waals surface area contributed by atoms with Gasteiger partial charge in [0, 0.05) is 24.9 Å². The Morgan fingerprint density at radius 1 is 0.974 bits per heavy atom. The molecule has 1 N–H and O–H groups in total. The zero-order chi connectivity index (χ0) is 27.9. The fourth-order valence-corrected chi connectivity index (χ4v) is 11.2. The van der Waals surface area contributed by atoms with Crippen molar-refractivity contribution in [3.63, 3.8) is 0 Å². The van der Waals surface area contributed by atoms with Gasteiger partial charge in [-0.05, 0) is 111 Å². The predicted molar refractivity (Wildman–Crippen MR) is 156 cm³/mol. The Kier molecular flexibility index (Phi) is 6.85. The molecule has 0 aromatic rings. The second kappa shape index (κ2) is 9.18. The number of fused-ring (bicyclic) bond motifs is 7. The van der Waals surface area contributed by atoms with Crippen LogP contribution < -0.4 is 5.32 Å². The van der Waals surface area contributed by atoms with Crippen LogP contribution in [0.15, 0.2) is 11.6 Å². The number of nitrogens with one attached hydrogen (secondary N) is 1. The van der Waals surface area contributed by atoms with Crippen LogP contribution >= 0.6 is 0 Å². The zero-order valence-corrected chi connectivity index (χ0v) is 26.0. The lowest BCUT2D eigenvalue weighted by atomic mass is 9.33. The van der Waals surface area contributed by atoms with Gasteiger partial charge in [0.2, 0.25) is 5.91 Å². The van der Waals surface area contributed by atoms with Crippen LogP contribution in [0.25, 0.3) is 0 Å². The van der Waals surface area contributed by atoms with E-state index in [1.54, 1.807) is 5.57 Å². The van der Waals surface area contributed by atoms with E-state index in [1.807, 2.05) is 0 Å². The Morgan fingerprint density at radius 2 is 1.68 bits per heavy atom. The molecule has 4 heteroatoms. The number of ketones is 1. The third-order valence-electron chi connectivity index (χ3n) is 14.0. The molecule has 0 aromatic carbocycles. The van der Waals surface area contributed by atoms with E-state index < -0.39 is 0 Å². The Bertz CT molecular complexity index is 1010. The SMILES string of the molecule is C[C@H]1[C@H](C)CC[C@]2(C(=O)NCCN(C)C)CC[C@]3(C)C(=CC[C@@H]4[C@@]5(C)CCC(=O)C(C)(C)[C@@H]5CC[C@]43C)[C@H]12. The smallest absolute Gasteiger partial charge is 0.226 e. The molecule has 0 spiro atoms. The van der Waals surface area contributed by atoms with Crippen LogP contribution in [0.5, 0.6) is 0 Å². The number of rotatable bonds is 4. The van der Waals surface area contributed by atoms with Crippen LogP contribution in [0.2, 0.25) is 0 Å². The van der Waals surface area contributed by atoms with Crippen LogP contribution in [0.1, 0.15) is 106 Å². The van der Waals surface area contributed by atoms with Gasteiger partial charge in [0.05, 0.1) is 5.41 Å². The lowest BCUT2D eigenvalue weighted by Gasteiger charge is -2.71. The second-order valence-corrected chi connectivity index (χ2v) is 16.0. The summed E-state index contributed by atoms with van der Waals surface area (Å²) in [6.45, 7) is 18.7. The minimum absolute atomic E-state index is 0.124. The van der Waals surface area contributed by atoms with Gasteiger partial charge in [-0.3, -0.25) is 9.59 Å². The molecule has 5 aliphatic carbocycles. The van der Waals surface area contributed by atoms with Crippen molar-refractivity contribution in [1.29, 1.82) is 0 Å². The van der Waals surface area contributed by atoms with Gasteiger partial charge in [0.15, 0.2) is 0 Å². The highest BCUT2D eigenvalue weighted by Gasteiger charge is 2.69. The summed E-state index contributed by atoms with van der Waals surface area (Å²) in [4.78, 5) is 29.3. The summed E-state index contributed by atoms with van der Waals surface area (Å²) in [5, 5.41) is 3.40. The molecule has 0 heterocycles. The van der Waals surface area contributed by atoms with Crippen molar-refractivity contribution < 1.29 is 9.59 Å². The van der Waals surface area contributed by atoms with Crippen LogP contribution in [-0.4, -0.2) is 43.8 Å². The zero-order valence-electron chi connectivity index (χ0n) is 26.0. The van der Waals surface area contributed by atoms with Gasteiger partial charge >= 0.3 is 0 Å². The maximum atomic E-state index is 14.1. The van der Waals surface area contributed by atoms with Gasteiger partial charge in [-0.25, -0.2) is 0 Å². The van der Waals surface area contributed by atoms with E-state index >= 15 is 0 Å². The molecule has 0 radical (unpaired) electrons. The standard InChI is InChI=1S/C34H56N2O2/c1-22-12-17-34(29(38)35-20-21-36(8)9)19-18-32(6)24(28(34)23(22)2)10-11-26-31(5)15-14-27(37)30(3,4)25(31)13-16-33(26,32)7/h10,22-23,25-26,28H,11-21H2,1-9H3,(H,35,38)/t22-,23+,25+,26-,28+,31+,32-,33-,34+/m1/s1. The number of amides is 1. The predicted octanol–water partition coefficient (Wildman–Crippen LogP) is 6.89. The molecule has 4 nitrogen and oxygen atoms in total. The number of carbonyl (C=O) groups is 2. The van der Waals surface area contributed by atoms with Gasteiger partial charge in [-0.2, -0.15) is 0 Å². The Balaban J connectivity index is 1.54. The maximum absolute atomic E-state index is 14.1. The van der Waals surface area contributed by atoms with Crippen molar-refractivity contribution in [2.45, 2.75) is 106 Å². The molecule has 214 valence electrons. The molecule has 9 atom stereocenters. The van der Waals surface area contributed by atoms with Gasteiger partial charge in [0.25, 0.3) is 0 Å².